The van der Waals surface area contributed by atoms with Gasteiger partial charge < -0.3 is 15.0 Å². The topological polar surface area (TPSA) is 83.1 Å². The van der Waals surface area contributed by atoms with Gasteiger partial charge in [0.2, 0.25) is 0 Å². The molecule has 0 bridgehead atoms. The monoisotopic (exact) mass is 403 g/mol. The smallest absolute Gasteiger partial charge is 0.261 e. The number of ether oxygens (including phenoxy) is 1. The van der Waals surface area contributed by atoms with Gasteiger partial charge in [-0.2, -0.15) is 5.10 Å². The molecule has 2 aromatic carbocycles. The highest BCUT2D eigenvalue weighted by Crippen LogP contribution is 2.31. The lowest BCUT2D eigenvalue weighted by Gasteiger charge is -2.34. The number of aromatic amines is 1. The number of carbonyl (C=O) groups is 1. The van der Waals surface area contributed by atoms with Gasteiger partial charge in [0.15, 0.2) is 12.4 Å². The lowest BCUT2D eigenvalue weighted by atomic mass is 10.0. The third-order valence-electron chi connectivity index (χ3n) is 5.82. The zero-order valence-corrected chi connectivity index (χ0v) is 16.8. The van der Waals surface area contributed by atoms with Crippen LogP contribution in [0.4, 0.5) is 5.69 Å². The van der Waals surface area contributed by atoms with E-state index in [-0.39, 0.29) is 18.6 Å². The fraction of sp³-hybridized carbons (Fsp3) is 0.348. The first-order valence-electron chi connectivity index (χ1n) is 10.5. The van der Waals surface area contributed by atoms with Gasteiger partial charge in [-0.25, -0.2) is 4.98 Å². The first-order valence-corrected chi connectivity index (χ1v) is 10.5. The lowest BCUT2D eigenvalue weighted by Crippen LogP contribution is -2.41. The molecule has 7 nitrogen and oxygen atoms in total. The van der Waals surface area contributed by atoms with E-state index >= 15 is 0 Å². The highest BCUT2D eigenvalue weighted by Gasteiger charge is 2.31. The molecule has 3 aromatic rings. The molecule has 0 radical (unpaired) electrons. The van der Waals surface area contributed by atoms with Crippen molar-refractivity contribution in [3.63, 3.8) is 0 Å². The second kappa shape index (κ2) is 8.18. The van der Waals surface area contributed by atoms with E-state index in [1.807, 2.05) is 41.3 Å². The Labute approximate surface area is 175 Å². The second-order valence-electron chi connectivity index (χ2n) is 7.79. The van der Waals surface area contributed by atoms with E-state index in [0.29, 0.717) is 18.1 Å². The van der Waals surface area contributed by atoms with Gasteiger partial charge in [0.1, 0.15) is 11.6 Å². The maximum Gasteiger partial charge on any atom is 0.261 e. The number of rotatable bonds is 5. The summed E-state index contributed by atoms with van der Waals surface area (Å²) in [5, 5.41) is 10.9. The number of nitrogens with one attached hydrogen (secondary N) is 2. The molecule has 154 valence electrons. The molecule has 1 unspecified atom stereocenters. The predicted octanol–water partition coefficient (Wildman–Crippen LogP) is 3.57. The fourth-order valence-electron chi connectivity index (χ4n) is 4.26. The summed E-state index contributed by atoms with van der Waals surface area (Å²) in [4.78, 5) is 19.5. The molecule has 2 aliphatic rings. The van der Waals surface area contributed by atoms with Crippen molar-refractivity contribution >= 4 is 11.6 Å². The van der Waals surface area contributed by atoms with Gasteiger partial charge in [0.25, 0.3) is 5.91 Å². The zero-order valence-electron chi connectivity index (χ0n) is 16.8. The Balaban J connectivity index is 1.31. The average molecular weight is 403 g/mol. The number of para-hydroxylation sites is 1. The van der Waals surface area contributed by atoms with Crippen molar-refractivity contribution < 1.29 is 9.53 Å². The van der Waals surface area contributed by atoms with E-state index in [0.717, 1.165) is 43.6 Å². The minimum absolute atomic E-state index is 0.0230. The summed E-state index contributed by atoms with van der Waals surface area (Å²) >= 11 is 0. The number of carbonyl (C=O) groups excluding carboxylic acids is 1. The van der Waals surface area contributed by atoms with Gasteiger partial charge in [-0.05, 0) is 61.6 Å². The molecular formula is C23H25N5O2. The number of fused-ring (bicyclic) bond motifs is 1. The van der Waals surface area contributed by atoms with E-state index in [9.17, 15) is 4.79 Å². The van der Waals surface area contributed by atoms with Crippen molar-refractivity contribution in [2.75, 3.05) is 25.0 Å². The predicted molar refractivity (Wildman–Crippen MR) is 114 cm³/mol. The highest BCUT2D eigenvalue weighted by molar-refractivity contribution is 5.78. The van der Waals surface area contributed by atoms with Gasteiger partial charge in [0, 0.05) is 24.3 Å². The highest BCUT2D eigenvalue weighted by atomic mass is 16.5. The second-order valence-corrected chi connectivity index (χ2v) is 7.79. The molecule has 0 aliphatic carbocycles. The maximum absolute atomic E-state index is 12.9. The number of aromatic nitrogens is 3. The summed E-state index contributed by atoms with van der Waals surface area (Å²) in [5.74, 6) is 2.10. The molecule has 0 spiro atoms. The summed E-state index contributed by atoms with van der Waals surface area (Å²) in [6, 6.07) is 15.6. The zero-order chi connectivity index (χ0) is 20.3. The van der Waals surface area contributed by atoms with Gasteiger partial charge in [-0.15, -0.1) is 0 Å². The largest absolute Gasteiger partial charge is 0.484 e. The summed E-state index contributed by atoms with van der Waals surface area (Å²) in [6.07, 6.45) is 3.95. The number of nitrogens with zero attached hydrogens (tertiary/aromatic N) is 3. The first-order chi connectivity index (χ1) is 14.8. The quantitative estimate of drug-likeness (QED) is 0.680. The van der Waals surface area contributed by atoms with E-state index in [2.05, 4.69) is 27.6 Å². The van der Waals surface area contributed by atoms with Crippen LogP contribution in [-0.2, 0) is 11.2 Å². The molecule has 3 heterocycles. The van der Waals surface area contributed by atoms with Crippen LogP contribution in [0.25, 0.3) is 11.4 Å². The summed E-state index contributed by atoms with van der Waals surface area (Å²) in [5.41, 5.74) is 3.49. The lowest BCUT2D eigenvalue weighted by molar-refractivity contribution is -0.137. The van der Waals surface area contributed by atoms with E-state index in [1.54, 1.807) is 0 Å². The number of H-pyrrole nitrogens is 1. The third-order valence-corrected chi connectivity index (χ3v) is 5.82. The molecule has 1 amide bonds. The Hall–Kier alpha value is -3.35. The summed E-state index contributed by atoms with van der Waals surface area (Å²) in [6.45, 7) is 1.71. The van der Waals surface area contributed by atoms with Crippen LogP contribution in [0.5, 0.6) is 5.75 Å². The number of hydrogen-bond acceptors (Lipinski definition) is 5. The molecule has 5 rings (SSSR count). The fourth-order valence-corrected chi connectivity index (χ4v) is 4.26. The molecule has 1 saturated heterocycles. The Morgan fingerprint density at radius 3 is 2.97 bits per heavy atom. The van der Waals surface area contributed by atoms with Gasteiger partial charge in [-0.3, -0.25) is 9.89 Å². The number of piperidine rings is 1. The number of hydrogen-bond donors (Lipinski definition) is 2. The minimum atomic E-state index is -0.0945. The normalized spacial score (nSPS) is 18.0. The molecule has 2 N–H and O–H groups in total. The molecular weight excluding hydrogens is 378 g/mol. The minimum Gasteiger partial charge on any atom is -0.484 e. The standard InChI is InChI=1S/C23H25N5O2/c29-21(15-30-18-6-2-1-3-7-18)28-13-5-4-8-20(28)23-25-22(26-27-23)17-9-10-19-16(14-17)11-12-24-19/h1-3,6-7,9-10,14,20,24H,4-5,8,11-13,15H2,(H,25,26,27). The molecule has 30 heavy (non-hydrogen) atoms. The van der Waals surface area contributed by atoms with Crippen LogP contribution in [0.2, 0.25) is 0 Å². The number of anilines is 1. The molecule has 1 atom stereocenters. The summed E-state index contributed by atoms with van der Waals surface area (Å²) < 4.78 is 5.68. The van der Waals surface area contributed by atoms with E-state index in [1.165, 1.54) is 11.3 Å². The van der Waals surface area contributed by atoms with Crippen LogP contribution in [0.15, 0.2) is 48.5 Å². The van der Waals surface area contributed by atoms with Gasteiger partial charge >= 0.3 is 0 Å². The first kappa shape index (κ1) is 18.7. The maximum atomic E-state index is 12.9. The van der Waals surface area contributed by atoms with Crippen molar-refractivity contribution in [1.82, 2.24) is 20.1 Å². The van der Waals surface area contributed by atoms with Crippen LogP contribution >= 0.6 is 0 Å². The van der Waals surface area contributed by atoms with Crippen LogP contribution in [0, 0.1) is 0 Å². The van der Waals surface area contributed by atoms with Crippen LogP contribution in [0.1, 0.15) is 36.7 Å². The summed E-state index contributed by atoms with van der Waals surface area (Å²) in [7, 11) is 0. The van der Waals surface area contributed by atoms with Crippen molar-refractivity contribution in [1.29, 1.82) is 0 Å². The molecule has 1 aromatic heterocycles. The van der Waals surface area contributed by atoms with Crippen molar-refractivity contribution in [2.24, 2.45) is 0 Å². The van der Waals surface area contributed by atoms with Crippen molar-refractivity contribution in [3.8, 4) is 17.1 Å². The molecule has 2 aliphatic heterocycles. The number of likely N-dealkylation sites (tertiary alicyclic amines) is 1. The van der Waals surface area contributed by atoms with Gasteiger partial charge in [-0.1, -0.05) is 18.2 Å². The van der Waals surface area contributed by atoms with Crippen molar-refractivity contribution in [3.05, 3.63) is 59.9 Å². The molecule has 0 saturated carbocycles. The van der Waals surface area contributed by atoms with Crippen LogP contribution in [-0.4, -0.2) is 45.7 Å². The molecule has 1 fully saturated rings. The average Bonchev–Trinajstić information content (AvgIpc) is 3.47. The Bertz CT molecular complexity index is 1030. The van der Waals surface area contributed by atoms with E-state index in [4.69, 9.17) is 9.72 Å². The number of amides is 1. The Morgan fingerprint density at radius 1 is 1.17 bits per heavy atom. The van der Waals surface area contributed by atoms with Crippen LogP contribution in [0.3, 0.4) is 0 Å². The Kier molecular flexibility index (Phi) is 5.09. The SMILES string of the molecule is O=C(COc1ccccc1)N1CCCCC1c1nc(-c2ccc3c(c2)CCN3)n[nH]1. The Morgan fingerprint density at radius 2 is 2.07 bits per heavy atom. The van der Waals surface area contributed by atoms with Crippen molar-refractivity contribution in [2.45, 2.75) is 31.7 Å². The van der Waals surface area contributed by atoms with Crippen LogP contribution < -0.4 is 10.1 Å². The third kappa shape index (κ3) is 3.75. The van der Waals surface area contributed by atoms with E-state index < -0.39 is 0 Å². The molecule has 7 heteroatoms. The van der Waals surface area contributed by atoms with Gasteiger partial charge in [0.05, 0.1) is 6.04 Å². The number of benzene rings is 2.